The lowest BCUT2D eigenvalue weighted by molar-refractivity contribution is 0.183. The number of aliphatic hydroxyl groups excluding tert-OH is 1. The van der Waals surface area contributed by atoms with Gasteiger partial charge in [0.1, 0.15) is 0 Å². The van der Waals surface area contributed by atoms with Gasteiger partial charge in [-0.2, -0.15) is 4.98 Å². The van der Waals surface area contributed by atoms with Gasteiger partial charge in [-0.15, -0.1) is 0 Å². The molecule has 0 bridgehead atoms. The van der Waals surface area contributed by atoms with Crippen LogP contribution in [0.2, 0.25) is 5.02 Å². The quantitative estimate of drug-likeness (QED) is 0.754. The van der Waals surface area contributed by atoms with E-state index in [2.05, 4.69) is 20.8 Å². The molecule has 1 atom stereocenters. The van der Waals surface area contributed by atoms with Gasteiger partial charge >= 0.3 is 6.03 Å². The molecule has 0 saturated carbocycles. The van der Waals surface area contributed by atoms with Crippen LogP contribution in [0.15, 0.2) is 28.8 Å². The van der Waals surface area contributed by atoms with Crippen molar-refractivity contribution in [2.75, 3.05) is 6.54 Å². The number of amides is 2. The van der Waals surface area contributed by atoms with E-state index in [4.69, 9.17) is 21.2 Å². The Balaban J connectivity index is 1.82. The van der Waals surface area contributed by atoms with Crippen LogP contribution < -0.4 is 10.6 Å². The van der Waals surface area contributed by atoms with Crippen LogP contribution in [0.4, 0.5) is 4.79 Å². The lowest BCUT2D eigenvalue weighted by Gasteiger charge is -2.06. The number of hydrogen-bond donors (Lipinski definition) is 3. The summed E-state index contributed by atoms with van der Waals surface area (Å²) in [4.78, 5) is 15.7. The Bertz CT molecular complexity index is 613. The maximum atomic E-state index is 11.5. The molecule has 8 heteroatoms. The fourth-order valence-electron chi connectivity index (χ4n) is 1.66. The molecule has 0 saturated heterocycles. The zero-order valence-corrected chi connectivity index (χ0v) is 12.8. The number of carbonyl (C=O) groups excluding carboxylic acids is 1. The Morgan fingerprint density at radius 3 is 2.77 bits per heavy atom. The summed E-state index contributed by atoms with van der Waals surface area (Å²) in [6.45, 7) is 2.18. The molecule has 2 rings (SSSR count). The fraction of sp³-hybridized carbons (Fsp3) is 0.357. The summed E-state index contributed by atoms with van der Waals surface area (Å²) < 4.78 is 5.07. The summed E-state index contributed by atoms with van der Waals surface area (Å²) in [7, 11) is 0. The Morgan fingerprint density at radius 2 is 2.09 bits per heavy atom. The van der Waals surface area contributed by atoms with Gasteiger partial charge < -0.3 is 20.3 Å². The molecule has 0 radical (unpaired) electrons. The second-order valence-electron chi connectivity index (χ2n) is 4.77. The lowest BCUT2D eigenvalue weighted by atomic mass is 10.2. The van der Waals surface area contributed by atoms with Crippen molar-refractivity contribution in [3.05, 3.63) is 35.2 Å². The minimum Gasteiger partial charge on any atom is -0.393 e. The molecule has 7 nitrogen and oxygen atoms in total. The average Bonchev–Trinajstić information content (AvgIpc) is 2.94. The first kappa shape index (κ1) is 16.3. The molecule has 3 N–H and O–H groups in total. The zero-order chi connectivity index (χ0) is 15.9. The first-order valence-electron chi connectivity index (χ1n) is 6.83. The van der Waals surface area contributed by atoms with Crippen LogP contribution in [0.1, 0.15) is 19.2 Å². The van der Waals surface area contributed by atoms with Crippen LogP contribution >= 0.6 is 11.6 Å². The van der Waals surface area contributed by atoms with Gasteiger partial charge in [0.2, 0.25) is 11.7 Å². The maximum Gasteiger partial charge on any atom is 0.315 e. The summed E-state index contributed by atoms with van der Waals surface area (Å²) in [5, 5.41) is 18.8. The maximum absolute atomic E-state index is 11.5. The molecular weight excluding hydrogens is 308 g/mol. The summed E-state index contributed by atoms with van der Waals surface area (Å²) in [6, 6.07) is 6.69. The number of nitrogens with zero attached hydrogens (tertiary/aromatic N) is 2. The van der Waals surface area contributed by atoms with Crippen molar-refractivity contribution < 1.29 is 14.4 Å². The van der Waals surface area contributed by atoms with Crippen molar-refractivity contribution in [3.63, 3.8) is 0 Å². The highest BCUT2D eigenvalue weighted by Crippen LogP contribution is 2.18. The number of urea groups is 1. The molecule has 0 fully saturated rings. The molecule has 0 aliphatic rings. The van der Waals surface area contributed by atoms with Crippen LogP contribution in [0.25, 0.3) is 11.4 Å². The highest BCUT2D eigenvalue weighted by Gasteiger charge is 2.09. The van der Waals surface area contributed by atoms with E-state index in [9.17, 15) is 4.79 Å². The molecule has 118 valence electrons. The molecule has 0 spiro atoms. The van der Waals surface area contributed by atoms with Gasteiger partial charge in [-0.25, -0.2) is 4.79 Å². The molecular formula is C14H17ClN4O3. The number of aromatic nitrogens is 2. The van der Waals surface area contributed by atoms with E-state index in [1.54, 1.807) is 31.2 Å². The number of rotatable bonds is 6. The first-order chi connectivity index (χ1) is 10.5. The van der Waals surface area contributed by atoms with Crippen LogP contribution in [0.3, 0.4) is 0 Å². The average molecular weight is 325 g/mol. The molecule has 1 unspecified atom stereocenters. The second-order valence-corrected chi connectivity index (χ2v) is 5.20. The highest BCUT2D eigenvalue weighted by atomic mass is 35.5. The number of hydrogen-bond acceptors (Lipinski definition) is 5. The van der Waals surface area contributed by atoms with E-state index in [0.29, 0.717) is 29.7 Å². The number of benzene rings is 1. The smallest absolute Gasteiger partial charge is 0.315 e. The van der Waals surface area contributed by atoms with Gasteiger partial charge in [0.15, 0.2) is 0 Å². The van der Waals surface area contributed by atoms with Gasteiger partial charge in [0, 0.05) is 17.1 Å². The van der Waals surface area contributed by atoms with E-state index in [0.717, 1.165) is 5.56 Å². The van der Waals surface area contributed by atoms with E-state index < -0.39 is 6.10 Å². The summed E-state index contributed by atoms with van der Waals surface area (Å²) >= 11 is 5.82. The normalized spacial score (nSPS) is 12.0. The predicted octanol–water partition coefficient (Wildman–Crippen LogP) is 1.96. The fourth-order valence-corrected chi connectivity index (χ4v) is 1.78. The van der Waals surface area contributed by atoms with Gasteiger partial charge in [-0.1, -0.05) is 16.8 Å². The largest absolute Gasteiger partial charge is 0.393 e. The third-order valence-corrected chi connectivity index (χ3v) is 3.07. The van der Waals surface area contributed by atoms with E-state index >= 15 is 0 Å². The van der Waals surface area contributed by atoms with Gasteiger partial charge in [0.05, 0.1) is 12.6 Å². The number of aliphatic hydroxyl groups is 1. The minimum atomic E-state index is -0.446. The Hall–Kier alpha value is -2.12. The summed E-state index contributed by atoms with van der Waals surface area (Å²) in [5.41, 5.74) is 0.779. The molecule has 2 aromatic rings. The van der Waals surface area contributed by atoms with E-state index in [-0.39, 0.29) is 12.6 Å². The molecule has 2 amide bonds. The number of halogens is 1. The SMILES string of the molecule is CC(O)CCNC(=O)NCc1nc(-c2ccc(Cl)cc2)no1. The molecule has 0 aliphatic heterocycles. The van der Waals surface area contributed by atoms with Crippen molar-refractivity contribution in [2.45, 2.75) is 26.0 Å². The Morgan fingerprint density at radius 1 is 1.36 bits per heavy atom. The standard InChI is InChI=1S/C14H17ClN4O3/c1-9(20)6-7-16-14(21)17-8-12-18-13(19-22-12)10-2-4-11(15)5-3-10/h2-5,9,20H,6-8H2,1H3,(H2,16,17,21). The zero-order valence-electron chi connectivity index (χ0n) is 12.0. The number of carbonyl (C=O) groups is 1. The third kappa shape index (κ3) is 5.01. The van der Waals surface area contributed by atoms with Crippen LogP contribution in [0.5, 0.6) is 0 Å². The minimum absolute atomic E-state index is 0.126. The Labute approximate surface area is 132 Å². The number of nitrogens with one attached hydrogen (secondary N) is 2. The van der Waals surface area contributed by atoms with Crippen LogP contribution in [-0.2, 0) is 6.54 Å². The van der Waals surface area contributed by atoms with Gasteiger partial charge in [0.25, 0.3) is 0 Å². The molecule has 0 aliphatic carbocycles. The van der Waals surface area contributed by atoms with Crippen molar-refractivity contribution in [1.82, 2.24) is 20.8 Å². The summed E-state index contributed by atoms with van der Waals surface area (Å²) in [6.07, 6.45) is 0.0486. The lowest BCUT2D eigenvalue weighted by Crippen LogP contribution is -2.36. The predicted molar refractivity (Wildman–Crippen MR) is 81.3 cm³/mol. The van der Waals surface area contributed by atoms with Crippen molar-refractivity contribution in [2.24, 2.45) is 0 Å². The highest BCUT2D eigenvalue weighted by molar-refractivity contribution is 6.30. The topological polar surface area (TPSA) is 100 Å². The van der Waals surface area contributed by atoms with Crippen molar-refractivity contribution >= 4 is 17.6 Å². The van der Waals surface area contributed by atoms with Crippen LogP contribution in [-0.4, -0.2) is 33.9 Å². The van der Waals surface area contributed by atoms with Gasteiger partial charge in [-0.3, -0.25) is 0 Å². The molecule has 1 aromatic carbocycles. The molecule has 1 aromatic heterocycles. The van der Waals surface area contributed by atoms with Crippen molar-refractivity contribution in [1.29, 1.82) is 0 Å². The monoisotopic (exact) mass is 324 g/mol. The van der Waals surface area contributed by atoms with Crippen molar-refractivity contribution in [3.8, 4) is 11.4 Å². The van der Waals surface area contributed by atoms with E-state index in [1.807, 2.05) is 0 Å². The van der Waals surface area contributed by atoms with E-state index in [1.165, 1.54) is 0 Å². The Kier molecular flexibility index (Phi) is 5.74. The first-order valence-corrected chi connectivity index (χ1v) is 7.20. The summed E-state index contributed by atoms with van der Waals surface area (Å²) in [5.74, 6) is 0.735. The van der Waals surface area contributed by atoms with Gasteiger partial charge in [-0.05, 0) is 37.6 Å². The second kappa shape index (κ2) is 7.77. The van der Waals surface area contributed by atoms with Crippen LogP contribution in [0, 0.1) is 0 Å². The third-order valence-electron chi connectivity index (χ3n) is 2.82. The molecule has 1 heterocycles. The molecule has 22 heavy (non-hydrogen) atoms.